The molecule has 8 heteroatoms. The van der Waals surface area contributed by atoms with Crippen LogP contribution in [0.1, 0.15) is 35.3 Å². The number of pyridine rings is 1. The number of carbonyl (C=O) groups is 2. The van der Waals surface area contributed by atoms with Crippen LogP contribution in [-0.4, -0.2) is 72.6 Å². The van der Waals surface area contributed by atoms with Gasteiger partial charge in [-0.05, 0) is 55.7 Å². The van der Waals surface area contributed by atoms with Crippen LogP contribution in [0.25, 0.3) is 0 Å². The number of ether oxygens (including phenoxy) is 2. The van der Waals surface area contributed by atoms with E-state index in [0.717, 1.165) is 18.4 Å². The Hall–Kier alpha value is -3.00. The summed E-state index contributed by atoms with van der Waals surface area (Å²) in [4.78, 5) is 34.4. The van der Waals surface area contributed by atoms with Crippen LogP contribution in [0.15, 0.2) is 42.6 Å². The standard InChI is InChI=1S/C25H30FN3O4/c1-19-4-2-10-27-23(19)24(31)29-11-3-9-25(17-29,16-22(30)28-12-14-32-15-13-28)18-33-21-7-5-20(26)6-8-21/h2,4-8,10H,3,9,11-18H2,1H3. The highest BCUT2D eigenvalue weighted by molar-refractivity contribution is 5.93. The van der Waals surface area contributed by atoms with Gasteiger partial charge in [-0.15, -0.1) is 0 Å². The number of halogens is 1. The molecule has 2 aromatic rings. The van der Waals surface area contributed by atoms with Crippen molar-refractivity contribution in [1.82, 2.24) is 14.8 Å². The monoisotopic (exact) mass is 455 g/mol. The van der Waals surface area contributed by atoms with Crippen molar-refractivity contribution in [1.29, 1.82) is 0 Å². The van der Waals surface area contributed by atoms with E-state index in [1.54, 1.807) is 23.2 Å². The van der Waals surface area contributed by atoms with Gasteiger partial charge in [0, 0.05) is 44.2 Å². The molecule has 4 rings (SSSR count). The zero-order chi connectivity index (χ0) is 23.3. The van der Waals surface area contributed by atoms with Crippen molar-refractivity contribution < 1.29 is 23.5 Å². The Kier molecular flexibility index (Phi) is 7.23. The molecule has 0 radical (unpaired) electrons. The van der Waals surface area contributed by atoms with E-state index in [-0.39, 0.29) is 30.7 Å². The summed E-state index contributed by atoms with van der Waals surface area (Å²) in [5.74, 6) is 0.125. The summed E-state index contributed by atoms with van der Waals surface area (Å²) in [6.07, 6.45) is 3.42. The number of amides is 2. The van der Waals surface area contributed by atoms with Crippen molar-refractivity contribution in [3.63, 3.8) is 0 Å². The lowest BCUT2D eigenvalue weighted by Crippen LogP contribution is -2.52. The molecule has 176 valence electrons. The molecule has 33 heavy (non-hydrogen) atoms. The molecule has 2 fully saturated rings. The Bertz CT molecular complexity index is 978. The molecule has 2 amide bonds. The Morgan fingerprint density at radius 3 is 2.61 bits per heavy atom. The molecule has 0 bridgehead atoms. The minimum atomic E-state index is -0.541. The number of aromatic nitrogens is 1. The van der Waals surface area contributed by atoms with E-state index in [1.165, 1.54) is 12.1 Å². The van der Waals surface area contributed by atoms with Crippen molar-refractivity contribution in [2.45, 2.75) is 26.2 Å². The van der Waals surface area contributed by atoms with E-state index in [4.69, 9.17) is 9.47 Å². The topological polar surface area (TPSA) is 72.0 Å². The van der Waals surface area contributed by atoms with Crippen LogP contribution < -0.4 is 4.74 Å². The summed E-state index contributed by atoms with van der Waals surface area (Å²) in [5, 5.41) is 0. The first-order chi connectivity index (χ1) is 16.0. The van der Waals surface area contributed by atoms with Crippen LogP contribution in [0.3, 0.4) is 0 Å². The molecular formula is C25H30FN3O4. The van der Waals surface area contributed by atoms with Gasteiger partial charge >= 0.3 is 0 Å². The molecule has 1 aromatic carbocycles. The minimum Gasteiger partial charge on any atom is -0.493 e. The highest BCUT2D eigenvalue weighted by Gasteiger charge is 2.41. The number of benzene rings is 1. The predicted molar refractivity (Wildman–Crippen MR) is 120 cm³/mol. The van der Waals surface area contributed by atoms with Crippen molar-refractivity contribution in [2.75, 3.05) is 46.0 Å². The normalized spacial score (nSPS) is 21.0. The number of aryl methyl sites for hydroxylation is 1. The molecule has 2 aliphatic heterocycles. The summed E-state index contributed by atoms with van der Waals surface area (Å²) in [7, 11) is 0. The van der Waals surface area contributed by atoms with E-state index < -0.39 is 5.41 Å². The van der Waals surface area contributed by atoms with Gasteiger partial charge in [0.05, 0.1) is 19.8 Å². The molecule has 0 N–H and O–H groups in total. The van der Waals surface area contributed by atoms with E-state index in [2.05, 4.69) is 4.98 Å². The fourth-order valence-electron chi connectivity index (χ4n) is 4.57. The Morgan fingerprint density at radius 1 is 1.12 bits per heavy atom. The number of hydrogen-bond acceptors (Lipinski definition) is 5. The molecule has 2 aliphatic rings. The molecule has 0 spiro atoms. The van der Waals surface area contributed by atoms with E-state index in [1.807, 2.05) is 24.0 Å². The van der Waals surface area contributed by atoms with Gasteiger partial charge in [0.15, 0.2) is 0 Å². The van der Waals surface area contributed by atoms with Crippen molar-refractivity contribution in [3.8, 4) is 5.75 Å². The second-order valence-corrected chi connectivity index (χ2v) is 8.91. The zero-order valence-electron chi connectivity index (χ0n) is 19.0. The third kappa shape index (κ3) is 5.68. The third-order valence-electron chi connectivity index (χ3n) is 6.41. The van der Waals surface area contributed by atoms with Gasteiger partial charge < -0.3 is 19.3 Å². The fourth-order valence-corrected chi connectivity index (χ4v) is 4.57. The third-order valence-corrected chi connectivity index (χ3v) is 6.41. The molecule has 3 heterocycles. The van der Waals surface area contributed by atoms with Crippen molar-refractivity contribution in [3.05, 3.63) is 59.7 Å². The molecule has 1 unspecified atom stereocenters. The maximum absolute atomic E-state index is 13.3. The maximum atomic E-state index is 13.3. The van der Waals surface area contributed by atoms with E-state index in [9.17, 15) is 14.0 Å². The van der Waals surface area contributed by atoms with Gasteiger partial charge in [0.25, 0.3) is 5.91 Å². The van der Waals surface area contributed by atoms with Gasteiger partial charge in [0.2, 0.25) is 5.91 Å². The SMILES string of the molecule is Cc1cccnc1C(=O)N1CCCC(COc2ccc(F)cc2)(CC(=O)N2CCOCC2)C1. The van der Waals surface area contributed by atoms with Crippen LogP contribution in [0, 0.1) is 18.2 Å². The first-order valence-corrected chi connectivity index (χ1v) is 11.4. The molecular weight excluding hydrogens is 425 g/mol. The number of rotatable bonds is 6. The average Bonchev–Trinajstić information content (AvgIpc) is 2.84. The second-order valence-electron chi connectivity index (χ2n) is 8.91. The lowest BCUT2D eigenvalue weighted by atomic mass is 9.77. The maximum Gasteiger partial charge on any atom is 0.272 e. The average molecular weight is 456 g/mol. The number of nitrogens with zero attached hydrogens (tertiary/aromatic N) is 3. The molecule has 1 aromatic heterocycles. The molecule has 0 saturated carbocycles. The Morgan fingerprint density at radius 2 is 1.88 bits per heavy atom. The predicted octanol–water partition coefficient (Wildman–Crippen LogP) is 3.08. The summed E-state index contributed by atoms with van der Waals surface area (Å²) in [6, 6.07) is 9.54. The lowest BCUT2D eigenvalue weighted by molar-refractivity contribution is -0.139. The van der Waals surface area contributed by atoms with Crippen LogP contribution >= 0.6 is 0 Å². The molecule has 0 aliphatic carbocycles. The number of hydrogen-bond donors (Lipinski definition) is 0. The van der Waals surface area contributed by atoms with Crippen LogP contribution in [0.5, 0.6) is 5.75 Å². The number of likely N-dealkylation sites (tertiary alicyclic amines) is 1. The summed E-state index contributed by atoms with van der Waals surface area (Å²) >= 11 is 0. The van der Waals surface area contributed by atoms with Gasteiger partial charge in [-0.3, -0.25) is 14.6 Å². The Labute approximate surface area is 193 Å². The van der Waals surface area contributed by atoms with Gasteiger partial charge in [0.1, 0.15) is 17.3 Å². The number of carbonyl (C=O) groups excluding carboxylic acids is 2. The van der Waals surface area contributed by atoms with Gasteiger partial charge in [-0.2, -0.15) is 0 Å². The number of morpholine rings is 1. The highest BCUT2D eigenvalue weighted by Crippen LogP contribution is 2.36. The quantitative estimate of drug-likeness (QED) is 0.670. The highest BCUT2D eigenvalue weighted by atomic mass is 19.1. The zero-order valence-corrected chi connectivity index (χ0v) is 19.0. The molecule has 1 atom stereocenters. The van der Waals surface area contributed by atoms with Crippen molar-refractivity contribution in [2.24, 2.45) is 5.41 Å². The first-order valence-electron chi connectivity index (χ1n) is 11.4. The van der Waals surface area contributed by atoms with Crippen LogP contribution in [-0.2, 0) is 9.53 Å². The van der Waals surface area contributed by atoms with Crippen LogP contribution in [0.2, 0.25) is 0 Å². The summed E-state index contributed by atoms with van der Waals surface area (Å²) in [5.41, 5.74) is 0.721. The Balaban J connectivity index is 1.54. The number of piperidine rings is 1. The van der Waals surface area contributed by atoms with E-state index >= 15 is 0 Å². The molecule has 7 nitrogen and oxygen atoms in total. The van der Waals surface area contributed by atoms with Crippen molar-refractivity contribution >= 4 is 11.8 Å². The largest absolute Gasteiger partial charge is 0.493 e. The summed E-state index contributed by atoms with van der Waals surface area (Å²) < 4.78 is 24.7. The summed E-state index contributed by atoms with van der Waals surface area (Å²) in [6.45, 7) is 5.37. The van der Waals surface area contributed by atoms with Gasteiger partial charge in [-0.25, -0.2) is 4.39 Å². The van der Waals surface area contributed by atoms with Gasteiger partial charge in [-0.1, -0.05) is 6.07 Å². The second kappa shape index (κ2) is 10.3. The fraction of sp³-hybridized carbons (Fsp3) is 0.480. The molecule has 2 saturated heterocycles. The lowest BCUT2D eigenvalue weighted by Gasteiger charge is -2.43. The van der Waals surface area contributed by atoms with Crippen LogP contribution in [0.4, 0.5) is 4.39 Å². The van der Waals surface area contributed by atoms with E-state index in [0.29, 0.717) is 50.8 Å². The smallest absolute Gasteiger partial charge is 0.272 e. The minimum absolute atomic E-state index is 0.0457. The first kappa shape index (κ1) is 23.2.